The molecule has 1 amide bonds. The Hall–Kier alpha value is -1.07. The number of hydrogen-bond donors (Lipinski definition) is 6. The van der Waals surface area contributed by atoms with Crippen molar-refractivity contribution in [1.29, 1.82) is 0 Å². The molecule has 1 rings (SSSR count). The first-order valence-electron chi connectivity index (χ1n) is 26.9. The molecule has 1 aliphatic rings. The lowest BCUT2D eigenvalue weighted by Crippen LogP contribution is -2.60. The number of carbonyl (C=O) groups is 1. The maximum absolute atomic E-state index is 13.0. The summed E-state index contributed by atoms with van der Waals surface area (Å²) < 4.78 is 11.3. The molecule has 0 radical (unpaired) electrons. The number of aliphatic hydroxyl groups excluding tert-OH is 5. The van der Waals surface area contributed by atoms with E-state index in [1.807, 2.05) is 0 Å². The van der Waals surface area contributed by atoms with E-state index in [0.29, 0.717) is 12.8 Å². The lowest BCUT2D eigenvalue weighted by atomic mass is 9.99. The van der Waals surface area contributed by atoms with Gasteiger partial charge in [-0.2, -0.15) is 0 Å². The molecule has 1 fully saturated rings. The Labute approximate surface area is 382 Å². The summed E-state index contributed by atoms with van der Waals surface area (Å²) in [5, 5.41) is 54.5. The zero-order chi connectivity index (χ0) is 45.1. The highest BCUT2D eigenvalue weighted by Gasteiger charge is 2.44. The Bertz CT molecular complexity index is 981. The molecule has 9 heteroatoms. The first kappa shape index (κ1) is 58.9. The number of allylic oxidation sites excluding steroid dienone is 2. The topological polar surface area (TPSA) is 149 Å². The summed E-state index contributed by atoms with van der Waals surface area (Å²) in [5.74, 6) is -0.141. The highest BCUT2D eigenvalue weighted by Crippen LogP contribution is 2.23. The number of hydrogen-bond acceptors (Lipinski definition) is 8. The van der Waals surface area contributed by atoms with E-state index >= 15 is 0 Å². The van der Waals surface area contributed by atoms with Gasteiger partial charge in [0.15, 0.2) is 6.29 Å². The number of ether oxygens (including phenoxy) is 2. The fraction of sp³-hybridized carbons (Fsp3) is 0.943. The molecule has 6 N–H and O–H groups in total. The van der Waals surface area contributed by atoms with Gasteiger partial charge in [-0.3, -0.25) is 4.79 Å². The molecular formula is C53H103NO8. The third-order valence-corrected chi connectivity index (χ3v) is 13.1. The van der Waals surface area contributed by atoms with Crippen molar-refractivity contribution in [2.75, 3.05) is 13.2 Å². The van der Waals surface area contributed by atoms with Crippen LogP contribution in [0.2, 0.25) is 0 Å². The minimum atomic E-state index is -1.55. The zero-order valence-electron chi connectivity index (χ0n) is 40.6. The molecule has 0 bridgehead atoms. The number of rotatable bonds is 46. The van der Waals surface area contributed by atoms with Crippen molar-refractivity contribution < 1.29 is 39.8 Å². The summed E-state index contributed by atoms with van der Waals surface area (Å²) in [6, 6.07) is -0.715. The van der Waals surface area contributed by atoms with Crippen molar-refractivity contribution in [3.8, 4) is 0 Å². The summed E-state index contributed by atoms with van der Waals surface area (Å²) >= 11 is 0. The van der Waals surface area contributed by atoms with Crippen LogP contribution in [0.4, 0.5) is 0 Å². The van der Waals surface area contributed by atoms with Crippen molar-refractivity contribution in [1.82, 2.24) is 5.32 Å². The number of aliphatic hydroxyl groups is 5. The summed E-state index contributed by atoms with van der Waals surface area (Å²) in [7, 11) is 0. The molecular weight excluding hydrogens is 779 g/mol. The van der Waals surface area contributed by atoms with Crippen LogP contribution in [0.3, 0.4) is 0 Å². The molecule has 0 saturated carbocycles. The summed E-state index contributed by atoms with van der Waals surface area (Å²) in [6.45, 7) is 3.86. The van der Waals surface area contributed by atoms with E-state index in [9.17, 15) is 30.3 Å². The fourth-order valence-corrected chi connectivity index (χ4v) is 8.80. The van der Waals surface area contributed by atoms with E-state index in [2.05, 4.69) is 31.3 Å². The van der Waals surface area contributed by atoms with Crippen LogP contribution in [0, 0.1) is 0 Å². The van der Waals surface area contributed by atoms with Gasteiger partial charge >= 0.3 is 0 Å². The normalized spacial score (nSPS) is 20.3. The second kappa shape index (κ2) is 43.8. The van der Waals surface area contributed by atoms with E-state index in [1.165, 1.54) is 199 Å². The number of nitrogens with one attached hydrogen (secondary N) is 1. The van der Waals surface area contributed by atoms with Gasteiger partial charge in [-0.1, -0.05) is 231 Å². The first-order chi connectivity index (χ1) is 30.3. The molecule has 1 saturated heterocycles. The molecule has 0 aromatic carbocycles. The fourth-order valence-electron chi connectivity index (χ4n) is 8.80. The highest BCUT2D eigenvalue weighted by molar-refractivity contribution is 5.76. The van der Waals surface area contributed by atoms with E-state index in [0.717, 1.165) is 38.5 Å². The van der Waals surface area contributed by atoms with Crippen LogP contribution in [0.5, 0.6) is 0 Å². The average Bonchev–Trinajstić information content (AvgIpc) is 3.27. The van der Waals surface area contributed by atoms with Crippen molar-refractivity contribution in [3.63, 3.8) is 0 Å². The van der Waals surface area contributed by atoms with Gasteiger partial charge < -0.3 is 40.3 Å². The first-order valence-corrected chi connectivity index (χ1v) is 26.9. The molecule has 7 atom stereocenters. The molecule has 0 spiro atoms. The lowest BCUT2D eigenvalue weighted by molar-refractivity contribution is -0.302. The molecule has 1 aliphatic heterocycles. The van der Waals surface area contributed by atoms with Gasteiger partial charge in [-0.15, -0.1) is 0 Å². The smallest absolute Gasteiger partial charge is 0.220 e. The van der Waals surface area contributed by atoms with Crippen LogP contribution in [0.1, 0.15) is 264 Å². The number of unbranched alkanes of at least 4 members (excludes halogenated alkanes) is 34. The predicted molar refractivity (Wildman–Crippen MR) is 258 cm³/mol. The van der Waals surface area contributed by atoms with E-state index in [-0.39, 0.29) is 12.5 Å². The van der Waals surface area contributed by atoms with E-state index in [4.69, 9.17) is 9.47 Å². The Morgan fingerprint density at radius 2 is 0.903 bits per heavy atom. The number of amides is 1. The van der Waals surface area contributed by atoms with E-state index in [1.54, 1.807) is 0 Å². The maximum atomic E-state index is 13.0. The minimum Gasteiger partial charge on any atom is -0.394 e. The molecule has 1 heterocycles. The quantitative estimate of drug-likeness (QED) is 0.0261. The number of carbonyl (C=O) groups excluding carboxylic acids is 1. The SMILES string of the molecule is CCCCCCCCCC/C=C\CCCCCCCCCCCCCCCC(=O)NC(COC1OC(CO)C(O)C(O)C1O)C(O)CCCCCCCCCCCCCCCC. The molecule has 0 aromatic heterocycles. The van der Waals surface area contributed by atoms with Gasteiger partial charge in [0.1, 0.15) is 24.4 Å². The van der Waals surface area contributed by atoms with Gasteiger partial charge in [0.05, 0.1) is 25.4 Å². The minimum absolute atomic E-state index is 0.134. The lowest BCUT2D eigenvalue weighted by Gasteiger charge is -2.40. The van der Waals surface area contributed by atoms with Crippen LogP contribution < -0.4 is 5.32 Å². The van der Waals surface area contributed by atoms with Gasteiger partial charge in [-0.05, 0) is 38.5 Å². The Morgan fingerprint density at radius 1 is 0.532 bits per heavy atom. The Kier molecular flexibility index (Phi) is 41.6. The summed E-state index contributed by atoms with van der Waals surface area (Å²) in [4.78, 5) is 13.0. The van der Waals surface area contributed by atoms with Crippen molar-refractivity contribution in [2.24, 2.45) is 0 Å². The molecule has 368 valence electrons. The second-order valence-electron chi connectivity index (χ2n) is 19.0. The van der Waals surface area contributed by atoms with Crippen LogP contribution in [0.25, 0.3) is 0 Å². The zero-order valence-corrected chi connectivity index (χ0v) is 40.6. The van der Waals surface area contributed by atoms with Gasteiger partial charge in [-0.25, -0.2) is 0 Å². The third kappa shape index (κ3) is 33.4. The van der Waals surface area contributed by atoms with Crippen molar-refractivity contribution >= 4 is 5.91 Å². The molecule has 0 aliphatic carbocycles. The van der Waals surface area contributed by atoms with Gasteiger partial charge in [0.25, 0.3) is 0 Å². The van der Waals surface area contributed by atoms with Crippen molar-refractivity contribution in [3.05, 3.63) is 12.2 Å². The maximum Gasteiger partial charge on any atom is 0.220 e. The van der Waals surface area contributed by atoms with Gasteiger partial charge in [0.2, 0.25) is 5.91 Å². The van der Waals surface area contributed by atoms with Crippen molar-refractivity contribution in [2.45, 2.75) is 307 Å². The van der Waals surface area contributed by atoms with Crippen LogP contribution in [0.15, 0.2) is 12.2 Å². The Balaban J connectivity index is 2.19. The highest BCUT2D eigenvalue weighted by atomic mass is 16.7. The monoisotopic (exact) mass is 882 g/mol. The molecule has 9 nitrogen and oxygen atoms in total. The van der Waals surface area contributed by atoms with E-state index < -0.39 is 49.5 Å². The van der Waals surface area contributed by atoms with Crippen LogP contribution >= 0.6 is 0 Å². The largest absolute Gasteiger partial charge is 0.394 e. The molecule has 62 heavy (non-hydrogen) atoms. The summed E-state index contributed by atoms with van der Waals surface area (Å²) in [6.07, 6.45) is 45.2. The molecule has 7 unspecified atom stereocenters. The molecule has 0 aromatic rings. The van der Waals surface area contributed by atoms with Crippen LogP contribution in [-0.4, -0.2) is 87.5 Å². The van der Waals surface area contributed by atoms with Crippen LogP contribution in [-0.2, 0) is 14.3 Å². The average molecular weight is 882 g/mol. The second-order valence-corrected chi connectivity index (χ2v) is 19.0. The summed E-state index contributed by atoms with van der Waals surface area (Å²) in [5.41, 5.74) is 0. The standard InChI is InChI=1S/C53H103NO8/c1-3-5-7-9-11-13-15-17-19-20-21-22-23-24-25-26-27-28-29-31-33-35-37-39-41-43-49(57)54-46(45-61-53-52(60)51(59)50(58)48(44-55)62-53)47(56)42-40-38-36-34-32-30-18-16-14-12-10-8-6-4-2/h20-21,46-48,50-53,55-56,58-60H,3-19,22-45H2,1-2H3,(H,54,57)/b21-20-. The Morgan fingerprint density at radius 3 is 1.31 bits per heavy atom. The predicted octanol–water partition coefficient (Wildman–Crippen LogP) is 12.5. The van der Waals surface area contributed by atoms with Gasteiger partial charge in [0, 0.05) is 6.42 Å². The third-order valence-electron chi connectivity index (χ3n) is 13.1.